The highest BCUT2D eigenvalue weighted by molar-refractivity contribution is 5.60. The summed E-state index contributed by atoms with van der Waals surface area (Å²) in [4.78, 5) is 12.4. The Morgan fingerprint density at radius 3 is 3.05 bits per heavy atom. The molecule has 1 aliphatic rings. The summed E-state index contributed by atoms with van der Waals surface area (Å²) in [6.07, 6.45) is 2.24. The van der Waals surface area contributed by atoms with E-state index in [1.165, 1.54) is 6.07 Å². The summed E-state index contributed by atoms with van der Waals surface area (Å²) in [5, 5.41) is 19.9. The third-order valence-corrected chi connectivity index (χ3v) is 3.44. The molecule has 1 heterocycles. The van der Waals surface area contributed by atoms with E-state index >= 15 is 0 Å². The van der Waals surface area contributed by atoms with E-state index in [2.05, 4.69) is 4.90 Å². The molecule has 0 amide bonds. The average Bonchev–Trinajstić information content (AvgIpc) is 2.47. The summed E-state index contributed by atoms with van der Waals surface area (Å²) in [6.45, 7) is 4.30. The third-order valence-electron chi connectivity index (χ3n) is 3.44. The first kappa shape index (κ1) is 14.3. The van der Waals surface area contributed by atoms with E-state index in [9.17, 15) is 10.1 Å². The smallest absolute Gasteiger partial charge is 0.287 e. The molecule has 1 fully saturated rings. The van der Waals surface area contributed by atoms with Crippen LogP contribution in [0.15, 0.2) is 18.2 Å². The van der Waals surface area contributed by atoms with Crippen LogP contribution in [0.4, 0.5) is 11.4 Å². The second-order valence-electron chi connectivity index (χ2n) is 4.74. The standard InChI is InChI=1S/C14H17N3O3/c1-2-20-13-4-3-7-16(10-13)12-5-6-14(17(18)19)11(8-12)9-15/h5-6,8,13H,2-4,7,10H2,1H3. The first-order valence-electron chi connectivity index (χ1n) is 6.70. The van der Waals surface area contributed by atoms with Crippen LogP contribution >= 0.6 is 0 Å². The molecular formula is C14H17N3O3. The number of ether oxygens (including phenoxy) is 1. The fraction of sp³-hybridized carbons (Fsp3) is 0.500. The molecule has 0 aromatic heterocycles. The van der Waals surface area contributed by atoms with Crippen LogP contribution in [0.1, 0.15) is 25.3 Å². The van der Waals surface area contributed by atoms with Gasteiger partial charge in [0.1, 0.15) is 11.6 Å². The van der Waals surface area contributed by atoms with Crippen molar-refractivity contribution in [2.24, 2.45) is 0 Å². The molecule has 1 saturated heterocycles. The zero-order chi connectivity index (χ0) is 14.5. The number of nitro benzene ring substituents is 1. The van der Waals surface area contributed by atoms with Gasteiger partial charge < -0.3 is 9.64 Å². The predicted octanol–water partition coefficient (Wildman–Crippen LogP) is 2.47. The highest BCUT2D eigenvalue weighted by Crippen LogP contribution is 2.27. The highest BCUT2D eigenvalue weighted by atomic mass is 16.6. The van der Waals surface area contributed by atoms with Gasteiger partial charge in [-0.15, -0.1) is 0 Å². The van der Waals surface area contributed by atoms with Crippen molar-refractivity contribution in [3.63, 3.8) is 0 Å². The third kappa shape index (κ3) is 3.06. The number of nitro groups is 1. The van der Waals surface area contributed by atoms with Gasteiger partial charge in [0.05, 0.1) is 11.0 Å². The van der Waals surface area contributed by atoms with Crippen LogP contribution in [0, 0.1) is 21.4 Å². The van der Waals surface area contributed by atoms with Crippen LogP contribution in [-0.2, 0) is 4.74 Å². The molecule has 1 unspecified atom stereocenters. The molecule has 0 spiro atoms. The molecule has 1 aromatic rings. The van der Waals surface area contributed by atoms with Crippen molar-refractivity contribution in [3.05, 3.63) is 33.9 Å². The molecule has 0 aliphatic carbocycles. The van der Waals surface area contributed by atoms with Crippen molar-refractivity contribution in [2.45, 2.75) is 25.9 Å². The lowest BCUT2D eigenvalue weighted by atomic mass is 10.1. The number of benzene rings is 1. The summed E-state index contributed by atoms with van der Waals surface area (Å²) < 4.78 is 5.64. The van der Waals surface area contributed by atoms with Gasteiger partial charge in [-0.25, -0.2) is 0 Å². The van der Waals surface area contributed by atoms with E-state index < -0.39 is 4.92 Å². The Labute approximate surface area is 117 Å². The highest BCUT2D eigenvalue weighted by Gasteiger charge is 2.22. The number of nitrogens with zero attached hydrogens (tertiary/aromatic N) is 3. The Hall–Kier alpha value is -2.13. The molecule has 1 aromatic carbocycles. The number of nitriles is 1. The molecule has 0 radical (unpaired) electrons. The number of anilines is 1. The second-order valence-corrected chi connectivity index (χ2v) is 4.74. The largest absolute Gasteiger partial charge is 0.377 e. The summed E-state index contributed by atoms with van der Waals surface area (Å²) in [7, 11) is 0. The maximum atomic E-state index is 10.8. The molecule has 0 N–H and O–H groups in total. The lowest BCUT2D eigenvalue weighted by Crippen LogP contribution is -2.39. The Balaban J connectivity index is 2.20. The summed E-state index contributed by atoms with van der Waals surface area (Å²) >= 11 is 0. The SMILES string of the molecule is CCOC1CCCN(c2ccc([N+](=O)[O-])c(C#N)c2)C1. The fourth-order valence-electron chi connectivity index (χ4n) is 2.51. The van der Waals surface area contributed by atoms with E-state index in [4.69, 9.17) is 10.00 Å². The minimum atomic E-state index is -0.526. The second kappa shape index (κ2) is 6.35. The molecule has 0 saturated carbocycles. The lowest BCUT2D eigenvalue weighted by molar-refractivity contribution is -0.385. The van der Waals surface area contributed by atoms with Gasteiger partial charge in [-0.3, -0.25) is 10.1 Å². The van der Waals surface area contributed by atoms with Gasteiger partial charge in [-0.1, -0.05) is 0 Å². The Morgan fingerprint density at radius 2 is 2.40 bits per heavy atom. The minimum absolute atomic E-state index is 0.103. The van der Waals surface area contributed by atoms with Crippen LogP contribution in [0.2, 0.25) is 0 Å². The van der Waals surface area contributed by atoms with E-state index in [0.717, 1.165) is 31.6 Å². The van der Waals surface area contributed by atoms with Gasteiger partial charge in [0.25, 0.3) is 5.69 Å². The van der Waals surface area contributed by atoms with Crippen LogP contribution in [0.3, 0.4) is 0 Å². The van der Waals surface area contributed by atoms with E-state index in [-0.39, 0.29) is 17.4 Å². The van der Waals surface area contributed by atoms with Gasteiger partial charge in [0.2, 0.25) is 0 Å². The van der Waals surface area contributed by atoms with E-state index in [1.807, 2.05) is 13.0 Å². The van der Waals surface area contributed by atoms with Crippen molar-refractivity contribution in [3.8, 4) is 6.07 Å². The lowest BCUT2D eigenvalue weighted by Gasteiger charge is -2.34. The molecule has 0 bridgehead atoms. The molecule has 20 heavy (non-hydrogen) atoms. The van der Waals surface area contributed by atoms with Crippen molar-refractivity contribution in [1.82, 2.24) is 0 Å². The molecule has 6 nitrogen and oxygen atoms in total. The molecule has 6 heteroatoms. The fourth-order valence-corrected chi connectivity index (χ4v) is 2.51. The van der Waals surface area contributed by atoms with Gasteiger partial charge in [-0.05, 0) is 31.9 Å². The Bertz CT molecular complexity index is 537. The summed E-state index contributed by atoms with van der Waals surface area (Å²) in [5.41, 5.74) is 0.803. The van der Waals surface area contributed by atoms with Gasteiger partial charge in [0.15, 0.2) is 0 Å². The van der Waals surface area contributed by atoms with Crippen LogP contribution in [0.25, 0.3) is 0 Å². The normalized spacial score (nSPS) is 18.6. The summed E-state index contributed by atoms with van der Waals surface area (Å²) in [5.74, 6) is 0. The first-order chi connectivity index (χ1) is 9.65. The van der Waals surface area contributed by atoms with Crippen molar-refractivity contribution in [1.29, 1.82) is 5.26 Å². The van der Waals surface area contributed by atoms with Crippen molar-refractivity contribution < 1.29 is 9.66 Å². The Kier molecular flexibility index (Phi) is 4.53. The quantitative estimate of drug-likeness (QED) is 0.623. The molecule has 106 valence electrons. The predicted molar refractivity (Wildman–Crippen MR) is 74.7 cm³/mol. The Morgan fingerprint density at radius 1 is 1.60 bits per heavy atom. The number of piperidine rings is 1. The maximum absolute atomic E-state index is 10.8. The first-order valence-corrected chi connectivity index (χ1v) is 6.70. The maximum Gasteiger partial charge on any atom is 0.287 e. The molecule has 2 rings (SSSR count). The molecular weight excluding hydrogens is 258 g/mol. The van der Waals surface area contributed by atoms with Crippen LogP contribution in [0.5, 0.6) is 0 Å². The van der Waals surface area contributed by atoms with E-state index in [0.29, 0.717) is 6.61 Å². The minimum Gasteiger partial charge on any atom is -0.377 e. The van der Waals surface area contributed by atoms with Crippen molar-refractivity contribution in [2.75, 3.05) is 24.6 Å². The monoisotopic (exact) mass is 275 g/mol. The molecule has 1 aliphatic heterocycles. The van der Waals surface area contributed by atoms with Gasteiger partial charge in [0, 0.05) is 31.5 Å². The van der Waals surface area contributed by atoms with Crippen molar-refractivity contribution >= 4 is 11.4 Å². The zero-order valence-electron chi connectivity index (χ0n) is 11.4. The topological polar surface area (TPSA) is 79.4 Å². The van der Waals surface area contributed by atoms with E-state index in [1.54, 1.807) is 12.1 Å². The van der Waals surface area contributed by atoms with Crippen LogP contribution < -0.4 is 4.90 Å². The number of hydrogen-bond donors (Lipinski definition) is 0. The van der Waals surface area contributed by atoms with Gasteiger partial charge >= 0.3 is 0 Å². The number of hydrogen-bond acceptors (Lipinski definition) is 5. The zero-order valence-corrected chi connectivity index (χ0v) is 11.4. The average molecular weight is 275 g/mol. The summed E-state index contributed by atoms with van der Waals surface area (Å²) in [6, 6.07) is 6.59. The number of rotatable bonds is 4. The molecule has 1 atom stereocenters. The van der Waals surface area contributed by atoms with Gasteiger partial charge in [-0.2, -0.15) is 5.26 Å². The van der Waals surface area contributed by atoms with Crippen LogP contribution in [-0.4, -0.2) is 30.7 Å².